The van der Waals surface area contributed by atoms with Crippen molar-refractivity contribution >= 4 is 41.1 Å². The molecule has 0 fully saturated rings. The molecule has 0 aliphatic heterocycles. The van der Waals surface area contributed by atoms with Crippen molar-refractivity contribution < 1.29 is 9.53 Å². The van der Waals surface area contributed by atoms with E-state index >= 15 is 0 Å². The lowest BCUT2D eigenvalue weighted by atomic mass is 10.2. The molecular weight excluding hydrogens is 309 g/mol. The van der Waals surface area contributed by atoms with E-state index in [4.69, 9.17) is 27.9 Å². The molecule has 2 aromatic rings. The molecule has 0 N–H and O–H groups in total. The zero-order valence-corrected chi connectivity index (χ0v) is 12.9. The molecule has 0 amide bonds. The fourth-order valence-electron chi connectivity index (χ4n) is 1.65. The Morgan fingerprint density at radius 2 is 1.90 bits per heavy atom. The molecule has 5 heteroatoms. The van der Waals surface area contributed by atoms with E-state index in [0.29, 0.717) is 27.9 Å². The molecule has 2 rings (SSSR count). The highest BCUT2D eigenvalue weighted by Gasteiger charge is 2.05. The van der Waals surface area contributed by atoms with Gasteiger partial charge in [0.15, 0.2) is 0 Å². The van der Waals surface area contributed by atoms with Gasteiger partial charge in [0.25, 0.3) is 0 Å². The summed E-state index contributed by atoms with van der Waals surface area (Å²) in [6, 6.07) is 12.0. The molecule has 0 spiro atoms. The Morgan fingerprint density at radius 3 is 2.52 bits per heavy atom. The minimum atomic E-state index is -0.339. The van der Waals surface area contributed by atoms with Gasteiger partial charge in [0.05, 0.1) is 22.9 Å². The van der Waals surface area contributed by atoms with E-state index in [0.717, 1.165) is 5.56 Å². The summed E-state index contributed by atoms with van der Waals surface area (Å²) >= 11 is 11.9. The number of ether oxygens (including phenoxy) is 1. The summed E-state index contributed by atoms with van der Waals surface area (Å²) in [6.45, 7) is 2.13. The Morgan fingerprint density at radius 1 is 1.19 bits per heavy atom. The number of esters is 1. The SMILES string of the molecule is CCOC(=O)c1ccc(N=Cc2ccc(Cl)cc2Cl)cc1. The highest BCUT2D eigenvalue weighted by atomic mass is 35.5. The first-order chi connectivity index (χ1) is 10.1. The van der Waals surface area contributed by atoms with Crippen molar-refractivity contribution in [2.75, 3.05) is 6.61 Å². The van der Waals surface area contributed by atoms with Crippen molar-refractivity contribution in [3.8, 4) is 0 Å². The van der Waals surface area contributed by atoms with Crippen molar-refractivity contribution in [1.29, 1.82) is 0 Å². The zero-order valence-electron chi connectivity index (χ0n) is 11.3. The summed E-state index contributed by atoms with van der Waals surface area (Å²) in [5.41, 5.74) is 1.99. The highest BCUT2D eigenvalue weighted by Crippen LogP contribution is 2.21. The molecule has 0 aliphatic carbocycles. The van der Waals surface area contributed by atoms with Crippen LogP contribution in [0.25, 0.3) is 0 Å². The highest BCUT2D eigenvalue weighted by molar-refractivity contribution is 6.36. The first-order valence-electron chi connectivity index (χ1n) is 6.36. The van der Waals surface area contributed by atoms with Crippen molar-refractivity contribution in [1.82, 2.24) is 0 Å². The maximum atomic E-state index is 11.5. The topological polar surface area (TPSA) is 38.7 Å². The minimum Gasteiger partial charge on any atom is -0.462 e. The van der Waals surface area contributed by atoms with Crippen molar-refractivity contribution in [3.05, 3.63) is 63.6 Å². The molecule has 108 valence electrons. The summed E-state index contributed by atoms with van der Waals surface area (Å²) in [5.74, 6) is -0.339. The second kappa shape index (κ2) is 7.25. The van der Waals surface area contributed by atoms with E-state index in [-0.39, 0.29) is 5.97 Å². The predicted octanol–water partition coefficient (Wildman–Crippen LogP) is 4.92. The number of carbonyl (C=O) groups excluding carboxylic acids is 1. The van der Waals surface area contributed by atoms with Crippen LogP contribution in [0.2, 0.25) is 10.0 Å². The van der Waals surface area contributed by atoms with Crippen molar-refractivity contribution in [2.45, 2.75) is 6.92 Å². The number of aliphatic imine (C=N–C) groups is 1. The molecule has 0 aromatic heterocycles. The fourth-order valence-corrected chi connectivity index (χ4v) is 2.11. The van der Waals surface area contributed by atoms with E-state index in [2.05, 4.69) is 4.99 Å². The van der Waals surface area contributed by atoms with Gasteiger partial charge < -0.3 is 4.74 Å². The predicted molar refractivity (Wildman–Crippen MR) is 86.1 cm³/mol. The normalized spacial score (nSPS) is 10.8. The lowest BCUT2D eigenvalue weighted by Gasteiger charge is -2.02. The van der Waals surface area contributed by atoms with Gasteiger partial charge in [0, 0.05) is 16.8 Å². The molecule has 0 heterocycles. The van der Waals surface area contributed by atoms with Crippen molar-refractivity contribution in [3.63, 3.8) is 0 Å². The van der Waals surface area contributed by atoms with Crippen LogP contribution < -0.4 is 0 Å². The van der Waals surface area contributed by atoms with Crippen LogP contribution in [0, 0.1) is 0 Å². The number of halogens is 2. The van der Waals surface area contributed by atoms with Crippen LogP contribution >= 0.6 is 23.2 Å². The molecule has 0 atom stereocenters. The summed E-state index contributed by atoms with van der Waals surface area (Å²) in [5, 5.41) is 1.12. The lowest BCUT2D eigenvalue weighted by molar-refractivity contribution is 0.0526. The summed E-state index contributed by atoms with van der Waals surface area (Å²) in [4.78, 5) is 15.8. The third-order valence-corrected chi connectivity index (χ3v) is 3.26. The van der Waals surface area contributed by atoms with Crippen LogP contribution in [0.3, 0.4) is 0 Å². The monoisotopic (exact) mass is 321 g/mol. The van der Waals surface area contributed by atoms with E-state index in [1.54, 1.807) is 55.6 Å². The third kappa shape index (κ3) is 4.31. The number of rotatable bonds is 4. The molecule has 0 radical (unpaired) electrons. The first-order valence-corrected chi connectivity index (χ1v) is 7.12. The van der Waals surface area contributed by atoms with Gasteiger partial charge in [-0.3, -0.25) is 4.99 Å². The van der Waals surface area contributed by atoms with Crippen molar-refractivity contribution in [2.24, 2.45) is 4.99 Å². The van der Waals surface area contributed by atoms with Gasteiger partial charge in [-0.15, -0.1) is 0 Å². The quantitative estimate of drug-likeness (QED) is 0.592. The van der Waals surface area contributed by atoms with Gasteiger partial charge in [-0.05, 0) is 43.3 Å². The van der Waals surface area contributed by atoms with Gasteiger partial charge in [-0.25, -0.2) is 4.79 Å². The fraction of sp³-hybridized carbons (Fsp3) is 0.125. The maximum Gasteiger partial charge on any atom is 0.338 e. The van der Waals surface area contributed by atoms with Gasteiger partial charge in [-0.2, -0.15) is 0 Å². The van der Waals surface area contributed by atoms with Crippen LogP contribution in [0.15, 0.2) is 47.5 Å². The van der Waals surface area contributed by atoms with Crippen LogP contribution in [0.4, 0.5) is 5.69 Å². The van der Waals surface area contributed by atoms with Gasteiger partial charge in [0.2, 0.25) is 0 Å². The number of hydrogen-bond acceptors (Lipinski definition) is 3. The summed E-state index contributed by atoms with van der Waals surface area (Å²) < 4.78 is 4.92. The van der Waals surface area contributed by atoms with E-state index in [1.165, 1.54) is 0 Å². The maximum absolute atomic E-state index is 11.5. The van der Waals surface area contributed by atoms with Crippen LogP contribution in [-0.2, 0) is 4.74 Å². The van der Waals surface area contributed by atoms with Crippen LogP contribution in [0.1, 0.15) is 22.8 Å². The summed E-state index contributed by atoms with van der Waals surface area (Å²) in [7, 11) is 0. The molecule has 0 saturated carbocycles. The molecule has 3 nitrogen and oxygen atoms in total. The molecule has 0 saturated heterocycles. The second-order valence-electron chi connectivity index (χ2n) is 4.19. The van der Waals surface area contributed by atoms with Gasteiger partial charge in [-0.1, -0.05) is 29.3 Å². The molecule has 0 aliphatic rings. The number of carbonyl (C=O) groups is 1. The number of benzene rings is 2. The van der Waals surface area contributed by atoms with Gasteiger partial charge in [0.1, 0.15) is 0 Å². The van der Waals surface area contributed by atoms with E-state index < -0.39 is 0 Å². The third-order valence-electron chi connectivity index (χ3n) is 2.69. The summed E-state index contributed by atoms with van der Waals surface area (Å²) in [6.07, 6.45) is 1.65. The second-order valence-corrected chi connectivity index (χ2v) is 5.04. The molecular formula is C16H13Cl2NO2. The zero-order chi connectivity index (χ0) is 15.2. The average molecular weight is 322 g/mol. The van der Waals surface area contributed by atoms with E-state index in [9.17, 15) is 4.79 Å². The Bertz CT molecular complexity index is 666. The Kier molecular flexibility index (Phi) is 5.37. The average Bonchev–Trinajstić information content (AvgIpc) is 2.47. The standard InChI is InChI=1S/C16H13Cl2NO2/c1-2-21-16(20)11-4-7-14(8-5-11)19-10-12-3-6-13(17)9-15(12)18/h3-10H,2H2,1H3. The Labute approximate surface area is 133 Å². The number of hydrogen-bond donors (Lipinski definition) is 0. The van der Waals surface area contributed by atoms with Crippen LogP contribution in [-0.4, -0.2) is 18.8 Å². The first kappa shape index (κ1) is 15.5. The van der Waals surface area contributed by atoms with Crippen LogP contribution in [0.5, 0.6) is 0 Å². The molecule has 0 bridgehead atoms. The lowest BCUT2D eigenvalue weighted by Crippen LogP contribution is -2.03. The molecule has 2 aromatic carbocycles. The smallest absolute Gasteiger partial charge is 0.338 e. The molecule has 21 heavy (non-hydrogen) atoms. The largest absolute Gasteiger partial charge is 0.462 e. The van der Waals surface area contributed by atoms with Gasteiger partial charge >= 0.3 is 5.97 Å². The van der Waals surface area contributed by atoms with E-state index in [1.807, 2.05) is 0 Å². The molecule has 0 unspecified atom stereocenters. The Balaban J connectivity index is 2.12. The number of nitrogens with zero attached hydrogens (tertiary/aromatic N) is 1. The Hall–Kier alpha value is -1.84. The minimum absolute atomic E-state index is 0.339.